The van der Waals surface area contributed by atoms with Crippen molar-refractivity contribution < 1.29 is 13.2 Å². The van der Waals surface area contributed by atoms with Crippen molar-refractivity contribution in [1.82, 2.24) is 0 Å². The molecule has 0 atom stereocenters. The van der Waals surface area contributed by atoms with E-state index >= 15 is 0 Å². The first-order chi connectivity index (χ1) is 8.38. The number of hydrogen-bond donors (Lipinski definition) is 0. The molecule has 0 aliphatic rings. The lowest BCUT2D eigenvalue weighted by Crippen LogP contribution is -2.05. The van der Waals surface area contributed by atoms with Crippen molar-refractivity contribution in [3.8, 4) is 11.1 Å². The van der Waals surface area contributed by atoms with Gasteiger partial charge in [-0.1, -0.05) is 41.4 Å². The van der Waals surface area contributed by atoms with Crippen molar-refractivity contribution in [2.45, 2.75) is 6.18 Å². The summed E-state index contributed by atoms with van der Waals surface area (Å²) in [4.78, 5) is 0. The molecule has 0 saturated carbocycles. The summed E-state index contributed by atoms with van der Waals surface area (Å²) in [7, 11) is 0. The summed E-state index contributed by atoms with van der Waals surface area (Å²) < 4.78 is 38.1. The smallest absolute Gasteiger partial charge is 0.166 e. The molecule has 0 saturated heterocycles. The molecule has 0 heterocycles. The maximum absolute atomic E-state index is 12.7. The second kappa shape index (κ2) is 4.82. The molecule has 0 fully saturated rings. The van der Waals surface area contributed by atoms with Gasteiger partial charge in [-0.3, -0.25) is 0 Å². The fourth-order valence-electron chi connectivity index (χ4n) is 1.54. The topological polar surface area (TPSA) is 0 Å². The van der Waals surface area contributed by atoms with Gasteiger partial charge in [0.1, 0.15) is 0 Å². The zero-order valence-electron chi connectivity index (χ0n) is 8.85. The molecule has 2 aromatic rings. The Labute approximate surface area is 112 Å². The van der Waals surface area contributed by atoms with E-state index in [0.717, 1.165) is 6.07 Å². The Balaban J connectivity index is 2.54. The Hall–Kier alpha value is -1.19. The molecule has 0 bridgehead atoms. The zero-order valence-corrected chi connectivity index (χ0v) is 10.4. The average Bonchev–Trinajstić information content (AvgIpc) is 2.28. The fraction of sp³-hybridized carbons (Fsp3) is 0.0769. The molecule has 93 valence electrons. The maximum Gasteiger partial charge on any atom is 0.417 e. The predicted molar refractivity (Wildman–Crippen MR) is 65.7 cm³/mol. The van der Waals surface area contributed by atoms with Crippen LogP contribution in [0.2, 0.25) is 10.0 Å². The van der Waals surface area contributed by atoms with Crippen LogP contribution in [-0.4, -0.2) is 0 Å². The zero-order chi connectivity index (χ0) is 13.3. The van der Waals surface area contributed by atoms with Crippen molar-refractivity contribution in [3.05, 3.63) is 58.1 Å². The minimum atomic E-state index is -4.47. The molecular formula is C13H6Cl2F3. The second-order valence-electron chi connectivity index (χ2n) is 3.62. The van der Waals surface area contributed by atoms with Crippen molar-refractivity contribution in [2.24, 2.45) is 0 Å². The summed E-state index contributed by atoms with van der Waals surface area (Å²) in [5, 5.41) is 0.0239. The summed E-state index contributed by atoms with van der Waals surface area (Å²) in [6.07, 6.45) is -4.47. The molecule has 0 spiro atoms. The van der Waals surface area contributed by atoms with E-state index in [1.807, 2.05) is 0 Å². The van der Waals surface area contributed by atoms with Crippen LogP contribution < -0.4 is 0 Å². The lowest BCUT2D eigenvalue weighted by Gasteiger charge is -2.11. The quantitative estimate of drug-likeness (QED) is 0.652. The molecule has 0 N–H and O–H groups in total. The molecule has 0 aromatic heterocycles. The van der Waals surface area contributed by atoms with Crippen LogP contribution >= 0.6 is 23.2 Å². The van der Waals surface area contributed by atoms with Gasteiger partial charge in [-0.25, -0.2) is 0 Å². The van der Waals surface area contributed by atoms with Gasteiger partial charge in [0, 0.05) is 11.1 Å². The van der Waals surface area contributed by atoms with Crippen LogP contribution in [0.25, 0.3) is 11.1 Å². The van der Waals surface area contributed by atoms with E-state index < -0.39 is 11.7 Å². The molecule has 5 heteroatoms. The number of benzene rings is 2. The number of rotatable bonds is 1. The van der Waals surface area contributed by atoms with Crippen molar-refractivity contribution in [1.29, 1.82) is 0 Å². The normalized spacial score (nSPS) is 11.6. The van der Waals surface area contributed by atoms with Crippen LogP contribution in [-0.2, 0) is 6.18 Å². The van der Waals surface area contributed by atoms with Crippen molar-refractivity contribution in [3.63, 3.8) is 0 Å². The minimum absolute atomic E-state index is 0.320. The van der Waals surface area contributed by atoms with Gasteiger partial charge in [0.05, 0.1) is 10.6 Å². The monoisotopic (exact) mass is 289 g/mol. The van der Waals surface area contributed by atoms with Gasteiger partial charge in [0.15, 0.2) is 0 Å². The first kappa shape index (κ1) is 13.2. The lowest BCUT2D eigenvalue weighted by molar-refractivity contribution is -0.137. The van der Waals surface area contributed by atoms with Crippen LogP contribution in [0.3, 0.4) is 0 Å². The standard InChI is InChI=1S/C13H6Cl2F3/c14-10-3-1-2-8(6-10)9-4-5-12(15)11(7-9)13(16,17)18/h1-2,4-7H. The van der Waals surface area contributed by atoms with Gasteiger partial charge < -0.3 is 0 Å². The van der Waals surface area contributed by atoms with Crippen LogP contribution in [0.1, 0.15) is 5.56 Å². The molecule has 2 aromatic carbocycles. The van der Waals surface area contributed by atoms with E-state index in [9.17, 15) is 13.2 Å². The van der Waals surface area contributed by atoms with Crippen LogP contribution in [0, 0.1) is 6.07 Å². The third-order valence-electron chi connectivity index (χ3n) is 2.37. The number of halogens is 5. The molecule has 0 unspecified atom stereocenters. The van der Waals surface area contributed by atoms with Gasteiger partial charge in [-0.15, -0.1) is 0 Å². The summed E-state index contributed by atoms with van der Waals surface area (Å²) >= 11 is 11.3. The second-order valence-corrected chi connectivity index (χ2v) is 4.43. The Bertz CT molecular complexity index is 577. The summed E-state index contributed by atoms with van der Waals surface area (Å²) in [5.74, 6) is 0. The largest absolute Gasteiger partial charge is 0.417 e. The first-order valence-corrected chi connectivity index (χ1v) is 5.68. The predicted octanol–water partition coefficient (Wildman–Crippen LogP) is 5.48. The average molecular weight is 290 g/mol. The van der Waals surface area contributed by atoms with Crippen LogP contribution in [0.5, 0.6) is 0 Å². The Morgan fingerprint density at radius 3 is 2.22 bits per heavy atom. The molecule has 2 rings (SSSR count). The molecule has 0 amide bonds. The van der Waals surface area contributed by atoms with Crippen LogP contribution in [0.4, 0.5) is 13.2 Å². The first-order valence-electron chi connectivity index (χ1n) is 4.92. The molecular weight excluding hydrogens is 284 g/mol. The lowest BCUT2D eigenvalue weighted by atomic mass is 10.0. The van der Waals surface area contributed by atoms with E-state index in [-0.39, 0.29) is 5.02 Å². The molecule has 18 heavy (non-hydrogen) atoms. The third kappa shape index (κ3) is 2.79. The van der Waals surface area contributed by atoms with Crippen molar-refractivity contribution in [2.75, 3.05) is 0 Å². The molecule has 0 aliphatic heterocycles. The maximum atomic E-state index is 12.7. The molecule has 0 nitrogen and oxygen atoms in total. The van der Waals surface area contributed by atoms with Crippen LogP contribution in [0.15, 0.2) is 36.4 Å². The third-order valence-corrected chi connectivity index (χ3v) is 2.92. The van der Waals surface area contributed by atoms with Gasteiger partial charge in [-0.05, 0) is 29.3 Å². The van der Waals surface area contributed by atoms with E-state index in [4.69, 9.17) is 23.2 Å². The number of alkyl halides is 3. The van der Waals surface area contributed by atoms with E-state index in [1.54, 1.807) is 18.2 Å². The van der Waals surface area contributed by atoms with E-state index in [2.05, 4.69) is 6.07 Å². The van der Waals surface area contributed by atoms with Crippen molar-refractivity contribution >= 4 is 23.2 Å². The number of hydrogen-bond acceptors (Lipinski definition) is 0. The SMILES string of the molecule is FC(F)(F)c1cc(-c2cc[c]c(Cl)c2)ccc1Cl. The highest BCUT2D eigenvalue weighted by atomic mass is 35.5. The van der Waals surface area contributed by atoms with Gasteiger partial charge in [-0.2, -0.15) is 13.2 Å². The summed E-state index contributed by atoms with van der Waals surface area (Å²) in [5.41, 5.74) is 0.133. The Kier molecular flexibility index (Phi) is 3.55. The Morgan fingerprint density at radius 1 is 0.944 bits per heavy atom. The van der Waals surface area contributed by atoms with Gasteiger partial charge >= 0.3 is 6.18 Å². The highest BCUT2D eigenvalue weighted by Crippen LogP contribution is 2.37. The van der Waals surface area contributed by atoms with Gasteiger partial charge in [0.25, 0.3) is 0 Å². The highest BCUT2D eigenvalue weighted by Gasteiger charge is 2.33. The fourth-order valence-corrected chi connectivity index (χ4v) is 1.94. The minimum Gasteiger partial charge on any atom is -0.166 e. The highest BCUT2D eigenvalue weighted by molar-refractivity contribution is 6.31. The molecule has 1 radical (unpaired) electrons. The summed E-state index contributed by atoms with van der Waals surface area (Å²) in [6, 6.07) is 11.2. The van der Waals surface area contributed by atoms with E-state index in [1.165, 1.54) is 12.1 Å². The van der Waals surface area contributed by atoms with E-state index in [0.29, 0.717) is 16.1 Å². The summed E-state index contributed by atoms with van der Waals surface area (Å²) in [6.45, 7) is 0. The Morgan fingerprint density at radius 2 is 1.61 bits per heavy atom. The van der Waals surface area contributed by atoms with Gasteiger partial charge in [0.2, 0.25) is 0 Å². The molecule has 0 aliphatic carbocycles.